The highest BCUT2D eigenvalue weighted by molar-refractivity contribution is 7.99. The number of piperazine rings is 1. The molecule has 4 aromatic rings. The van der Waals surface area contributed by atoms with Crippen LogP contribution < -0.4 is 15.1 Å². The lowest BCUT2D eigenvalue weighted by atomic mass is 9.91. The van der Waals surface area contributed by atoms with Crippen LogP contribution in [0.25, 0.3) is 10.9 Å². The monoisotopic (exact) mass is 610 g/mol. The number of carbonyl (C=O) groups excluding carboxylic acids is 2. The molecule has 0 bridgehead atoms. The Morgan fingerprint density at radius 2 is 1.70 bits per heavy atom. The van der Waals surface area contributed by atoms with Gasteiger partial charge in [0.1, 0.15) is 6.04 Å². The standard InChI is InChI=1S/C35H42N6O2S/c1-24-9-5-8-12-30(24)39-15-17-40(18-16-39)35(43)37-33(25(2)28-22-36-29-11-7-6-10-27(28)29)34(42)41-19-20-44-32-14-13-26(21-31(32)41)23-38(3)4/h5-14,21-22,25,33,36H,15-20,23H2,1-4H3,(H,37,43)/t25-,33-/m1/s1. The highest BCUT2D eigenvalue weighted by Gasteiger charge is 2.36. The number of carbonyl (C=O) groups is 2. The van der Waals surface area contributed by atoms with Gasteiger partial charge in [0.2, 0.25) is 5.91 Å². The zero-order valence-corrected chi connectivity index (χ0v) is 26.9. The van der Waals surface area contributed by atoms with E-state index in [1.807, 2.05) is 48.3 Å². The topological polar surface area (TPSA) is 74.9 Å². The van der Waals surface area contributed by atoms with Crippen LogP contribution in [0.15, 0.2) is 77.8 Å². The highest BCUT2D eigenvalue weighted by Crippen LogP contribution is 2.37. The number of urea groups is 1. The Morgan fingerprint density at radius 1 is 0.955 bits per heavy atom. The summed E-state index contributed by atoms with van der Waals surface area (Å²) < 4.78 is 0. The molecule has 230 valence electrons. The van der Waals surface area contributed by atoms with E-state index in [1.165, 1.54) is 11.3 Å². The molecule has 0 aliphatic carbocycles. The first-order valence-corrected chi connectivity index (χ1v) is 16.4. The van der Waals surface area contributed by atoms with Crippen molar-refractivity contribution < 1.29 is 9.59 Å². The number of hydrogen-bond donors (Lipinski definition) is 2. The molecule has 9 heteroatoms. The smallest absolute Gasteiger partial charge is 0.318 e. The minimum Gasteiger partial charge on any atom is -0.368 e. The molecule has 1 fully saturated rings. The van der Waals surface area contributed by atoms with Gasteiger partial charge < -0.3 is 29.9 Å². The van der Waals surface area contributed by atoms with Crippen LogP contribution in [-0.2, 0) is 11.3 Å². The molecule has 0 unspecified atom stereocenters. The zero-order chi connectivity index (χ0) is 30.8. The van der Waals surface area contributed by atoms with Gasteiger partial charge in [0.15, 0.2) is 0 Å². The molecular formula is C35H42N6O2S. The van der Waals surface area contributed by atoms with Gasteiger partial charge >= 0.3 is 6.03 Å². The lowest BCUT2D eigenvalue weighted by Gasteiger charge is -2.39. The van der Waals surface area contributed by atoms with Gasteiger partial charge in [0.25, 0.3) is 0 Å². The fraction of sp³-hybridized carbons (Fsp3) is 0.371. The molecule has 2 aliphatic heterocycles. The summed E-state index contributed by atoms with van der Waals surface area (Å²) in [5, 5.41) is 4.30. The number of aryl methyl sites for hydroxylation is 1. The van der Waals surface area contributed by atoms with E-state index in [9.17, 15) is 9.59 Å². The molecule has 2 aliphatic rings. The van der Waals surface area contributed by atoms with Crippen LogP contribution in [0.4, 0.5) is 16.2 Å². The van der Waals surface area contributed by atoms with Crippen molar-refractivity contribution in [1.82, 2.24) is 20.1 Å². The number of fused-ring (bicyclic) bond motifs is 2. The van der Waals surface area contributed by atoms with Gasteiger partial charge in [0, 0.05) is 78.6 Å². The summed E-state index contributed by atoms with van der Waals surface area (Å²) in [5.74, 6) is 0.492. The van der Waals surface area contributed by atoms with E-state index in [1.54, 1.807) is 11.8 Å². The molecule has 1 aromatic heterocycles. The molecular weight excluding hydrogens is 568 g/mol. The van der Waals surface area contributed by atoms with E-state index >= 15 is 0 Å². The molecule has 3 amide bonds. The Kier molecular flexibility index (Phi) is 8.86. The van der Waals surface area contributed by atoms with Crippen molar-refractivity contribution in [3.8, 4) is 0 Å². The summed E-state index contributed by atoms with van der Waals surface area (Å²) in [7, 11) is 4.10. The summed E-state index contributed by atoms with van der Waals surface area (Å²) in [5.41, 5.74) is 6.58. The Hall–Kier alpha value is -3.95. The SMILES string of the molecule is Cc1ccccc1N1CCN(C(=O)N[C@@H](C(=O)N2CCSc3ccc(CN(C)C)cc32)[C@H](C)c2c[nH]c3ccccc23)CC1. The minimum atomic E-state index is -0.732. The second kappa shape index (κ2) is 13.0. The molecule has 0 saturated carbocycles. The van der Waals surface area contributed by atoms with E-state index in [2.05, 4.69) is 82.5 Å². The molecule has 2 N–H and O–H groups in total. The van der Waals surface area contributed by atoms with Crippen molar-refractivity contribution in [3.05, 3.63) is 89.6 Å². The fourth-order valence-corrected chi connectivity index (χ4v) is 7.44. The number of nitrogens with one attached hydrogen (secondary N) is 2. The number of thioether (sulfide) groups is 1. The maximum atomic E-state index is 14.6. The van der Waals surface area contributed by atoms with Gasteiger partial charge in [-0.1, -0.05) is 49.4 Å². The van der Waals surface area contributed by atoms with Crippen LogP contribution in [0.5, 0.6) is 0 Å². The summed E-state index contributed by atoms with van der Waals surface area (Å²) >= 11 is 1.78. The van der Waals surface area contributed by atoms with Crippen molar-refractivity contribution >= 4 is 46.0 Å². The zero-order valence-electron chi connectivity index (χ0n) is 26.0. The average Bonchev–Trinajstić information content (AvgIpc) is 3.47. The summed E-state index contributed by atoms with van der Waals surface area (Å²) in [6.07, 6.45) is 1.98. The van der Waals surface area contributed by atoms with E-state index < -0.39 is 6.04 Å². The van der Waals surface area contributed by atoms with Crippen molar-refractivity contribution in [2.45, 2.75) is 37.2 Å². The second-order valence-electron chi connectivity index (χ2n) is 12.1. The number of rotatable bonds is 7. The van der Waals surface area contributed by atoms with Crippen LogP contribution in [0.3, 0.4) is 0 Å². The molecule has 0 spiro atoms. The van der Waals surface area contributed by atoms with E-state index in [-0.39, 0.29) is 17.9 Å². The second-order valence-corrected chi connectivity index (χ2v) is 13.3. The van der Waals surface area contributed by atoms with Crippen LogP contribution in [0.1, 0.15) is 29.5 Å². The molecule has 3 heterocycles. The molecule has 8 nitrogen and oxygen atoms in total. The summed E-state index contributed by atoms with van der Waals surface area (Å²) in [6.45, 7) is 8.26. The first-order valence-electron chi connectivity index (χ1n) is 15.4. The van der Waals surface area contributed by atoms with Gasteiger partial charge in [-0.05, 0) is 62.0 Å². The van der Waals surface area contributed by atoms with Crippen molar-refractivity contribution in [1.29, 1.82) is 0 Å². The Balaban J connectivity index is 1.27. The number of aromatic nitrogens is 1. The normalized spacial score (nSPS) is 16.6. The number of H-pyrrole nitrogens is 1. The lowest BCUT2D eigenvalue weighted by Crippen LogP contribution is -2.58. The number of aromatic amines is 1. The molecule has 0 radical (unpaired) electrons. The van der Waals surface area contributed by atoms with E-state index in [0.29, 0.717) is 19.6 Å². The first-order chi connectivity index (χ1) is 21.3. The van der Waals surface area contributed by atoms with Crippen LogP contribution >= 0.6 is 11.8 Å². The van der Waals surface area contributed by atoms with Crippen molar-refractivity contribution in [2.75, 3.05) is 62.4 Å². The molecule has 2 atom stereocenters. The van der Waals surface area contributed by atoms with Crippen LogP contribution in [0.2, 0.25) is 0 Å². The predicted molar refractivity (Wildman–Crippen MR) is 181 cm³/mol. The molecule has 3 aromatic carbocycles. The Morgan fingerprint density at radius 3 is 2.48 bits per heavy atom. The Bertz CT molecular complexity index is 1640. The number of nitrogens with zero attached hydrogens (tertiary/aromatic N) is 4. The summed E-state index contributed by atoms with van der Waals surface area (Å²) in [4.78, 5) is 41.2. The first kappa shape index (κ1) is 30.1. The average molecular weight is 611 g/mol. The van der Waals surface area contributed by atoms with Gasteiger partial charge in [0.05, 0.1) is 5.69 Å². The van der Waals surface area contributed by atoms with Crippen molar-refractivity contribution in [3.63, 3.8) is 0 Å². The Labute approximate surface area is 264 Å². The molecule has 6 rings (SSSR count). The van der Waals surface area contributed by atoms with Gasteiger partial charge in [-0.3, -0.25) is 4.79 Å². The van der Waals surface area contributed by atoms with E-state index in [0.717, 1.165) is 58.0 Å². The molecule has 1 saturated heterocycles. The van der Waals surface area contributed by atoms with E-state index in [4.69, 9.17) is 0 Å². The summed E-state index contributed by atoms with van der Waals surface area (Å²) in [6, 6.07) is 22.0. The van der Waals surface area contributed by atoms with Crippen LogP contribution in [0, 0.1) is 6.92 Å². The van der Waals surface area contributed by atoms with Gasteiger partial charge in [-0.2, -0.15) is 0 Å². The van der Waals surface area contributed by atoms with Crippen molar-refractivity contribution in [2.24, 2.45) is 0 Å². The third-order valence-electron chi connectivity index (χ3n) is 8.83. The lowest BCUT2D eigenvalue weighted by molar-refractivity contribution is -0.120. The maximum Gasteiger partial charge on any atom is 0.318 e. The van der Waals surface area contributed by atoms with Crippen LogP contribution in [-0.4, -0.2) is 85.3 Å². The number of para-hydroxylation sites is 2. The third-order valence-corrected chi connectivity index (χ3v) is 9.87. The number of amides is 3. The largest absolute Gasteiger partial charge is 0.368 e. The third kappa shape index (κ3) is 6.16. The van der Waals surface area contributed by atoms with Gasteiger partial charge in [-0.25, -0.2) is 4.79 Å². The minimum absolute atomic E-state index is 0.0711. The number of hydrogen-bond acceptors (Lipinski definition) is 5. The number of benzene rings is 3. The molecule has 44 heavy (non-hydrogen) atoms. The quantitative estimate of drug-likeness (QED) is 0.282. The van der Waals surface area contributed by atoms with Gasteiger partial charge in [-0.15, -0.1) is 11.8 Å². The number of anilines is 2. The highest BCUT2D eigenvalue weighted by atomic mass is 32.2. The maximum absolute atomic E-state index is 14.6. The predicted octanol–water partition coefficient (Wildman–Crippen LogP) is 5.68. The fourth-order valence-electron chi connectivity index (χ4n) is 6.47.